The quantitative estimate of drug-likeness (QED) is 0.785. The molecule has 7 heteroatoms. The highest BCUT2D eigenvalue weighted by molar-refractivity contribution is 6.32. The van der Waals surface area contributed by atoms with Crippen molar-refractivity contribution in [2.45, 2.75) is 13.8 Å². The summed E-state index contributed by atoms with van der Waals surface area (Å²) in [6.07, 6.45) is -0.535. The van der Waals surface area contributed by atoms with Crippen LogP contribution in [0.25, 0.3) is 0 Å². The molecule has 2 N–H and O–H groups in total. The third kappa shape index (κ3) is 5.91. The molecule has 1 aromatic carbocycles. The molecule has 0 bridgehead atoms. The number of carbonyl (C=O) groups excluding carboxylic acids is 2. The number of alkyl carbamates (subject to hydrolysis) is 1. The molecular weight excluding hydrogens is 296 g/mol. The van der Waals surface area contributed by atoms with Gasteiger partial charge in [-0.05, 0) is 37.1 Å². The van der Waals surface area contributed by atoms with Crippen LogP contribution in [0.15, 0.2) is 12.1 Å². The van der Waals surface area contributed by atoms with E-state index in [1.807, 2.05) is 13.8 Å². The fourth-order valence-electron chi connectivity index (χ4n) is 1.63. The summed E-state index contributed by atoms with van der Waals surface area (Å²) in [6, 6.07) is 3.56. The summed E-state index contributed by atoms with van der Waals surface area (Å²) >= 11 is 6.05. The minimum Gasteiger partial charge on any atom is -0.484 e. The second-order valence-electron chi connectivity index (χ2n) is 4.43. The largest absolute Gasteiger partial charge is 0.484 e. The first kappa shape index (κ1) is 17.1. The van der Waals surface area contributed by atoms with Crippen LogP contribution in [0.4, 0.5) is 4.79 Å². The summed E-state index contributed by atoms with van der Waals surface area (Å²) < 4.78 is 9.80. The van der Waals surface area contributed by atoms with Gasteiger partial charge in [-0.1, -0.05) is 11.6 Å². The van der Waals surface area contributed by atoms with Crippen LogP contribution >= 0.6 is 11.6 Å². The van der Waals surface area contributed by atoms with Crippen molar-refractivity contribution < 1.29 is 19.1 Å². The Bertz CT molecular complexity index is 497. The first-order valence-electron chi connectivity index (χ1n) is 6.42. The van der Waals surface area contributed by atoms with Crippen molar-refractivity contribution in [3.05, 3.63) is 28.3 Å². The van der Waals surface area contributed by atoms with Gasteiger partial charge in [0.15, 0.2) is 6.61 Å². The number of hydrogen-bond acceptors (Lipinski definition) is 4. The highest BCUT2D eigenvalue weighted by atomic mass is 35.5. The number of carbonyl (C=O) groups is 2. The van der Waals surface area contributed by atoms with Gasteiger partial charge in [0.1, 0.15) is 5.75 Å². The standard InChI is InChI=1S/C14H19ClN2O4/c1-9-6-11(7-10(2)13(9)15)21-8-12(18)16-4-5-17-14(19)20-3/h6-7H,4-5,8H2,1-3H3,(H,16,18)(H,17,19). The molecule has 2 amide bonds. The minimum absolute atomic E-state index is 0.0985. The molecule has 0 radical (unpaired) electrons. The average Bonchev–Trinajstić information content (AvgIpc) is 2.46. The Hall–Kier alpha value is -1.95. The second kappa shape index (κ2) is 8.36. The fraction of sp³-hybridized carbons (Fsp3) is 0.429. The lowest BCUT2D eigenvalue weighted by Gasteiger charge is -2.10. The van der Waals surface area contributed by atoms with Crippen LogP contribution in [-0.2, 0) is 9.53 Å². The first-order valence-corrected chi connectivity index (χ1v) is 6.80. The molecule has 0 saturated carbocycles. The van der Waals surface area contributed by atoms with Crippen LogP contribution in [0, 0.1) is 13.8 Å². The molecular formula is C14H19ClN2O4. The van der Waals surface area contributed by atoms with Crippen LogP contribution in [0.1, 0.15) is 11.1 Å². The highest BCUT2D eigenvalue weighted by Gasteiger charge is 2.06. The van der Waals surface area contributed by atoms with Crippen LogP contribution in [-0.4, -0.2) is 38.8 Å². The first-order chi connectivity index (χ1) is 9.93. The molecule has 0 heterocycles. The van der Waals surface area contributed by atoms with Crippen molar-refractivity contribution in [2.24, 2.45) is 0 Å². The molecule has 6 nitrogen and oxygen atoms in total. The number of amides is 2. The fourth-order valence-corrected chi connectivity index (χ4v) is 1.74. The Labute approximate surface area is 128 Å². The van der Waals surface area contributed by atoms with E-state index in [9.17, 15) is 9.59 Å². The van der Waals surface area contributed by atoms with Crippen molar-refractivity contribution in [2.75, 3.05) is 26.8 Å². The van der Waals surface area contributed by atoms with Crippen molar-refractivity contribution in [3.63, 3.8) is 0 Å². The van der Waals surface area contributed by atoms with E-state index in [0.29, 0.717) is 17.3 Å². The van der Waals surface area contributed by atoms with Gasteiger partial charge >= 0.3 is 6.09 Å². The van der Waals surface area contributed by atoms with E-state index in [4.69, 9.17) is 16.3 Å². The van der Waals surface area contributed by atoms with Gasteiger partial charge in [-0.2, -0.15) is 0 Å². The number of nitrogens with one attached hydrogen (secondary N) is 2. The number of halogens is 1. The minimum atomic E-state index is -0.535. The van der Waals surface area contributed by atoms with Gasteiger partial charge < -0.3 is 20.1 Å². The zero-order chi connectivity index (χ0) is 15.8. The molecule has 21 heavy (non-hydrogen) atoms. The maximum absolute atomic E-state index is 11.6. The van der Waals surface area contributed by atoms with Gasteiger partial charge in [-0.25, -0.2) is 4.79 Å². The number of methoxy groups -OCH3 is 1. The number of rotatable bonds is 6. The van der Waals surface area contributed by atoms with E-state index in [-0.39, 0.29) is 19.1 Å². The Morgan fingerprint density at radius 1 is 1.14 bits per heavy atom. The van der Waals surface area contributed by atoms with Gasteiger partial charge in [0.05, 0.1) is 7.11 Å². The SMILES string of the molecule is COC(=O)NCCNC(=O)COc1cc(C)c(Cl)c(C)c1. The van der Waals surface area contributed by atoms with Crippen LogP contribution in [0.2, 0.25) is 5.02 Å². The van der Waals surface area contributed by atoms with Gasteiger partial charge in [0.25, 0.3) is 5.91 Å². The topological polar surface area (TPSA) is 76.7 Å². The summed E-state index contributed by atoms with van der Waals surface area (Å²) in [5, 5.41) is 5.76. The summed E-state index contributed by atoms with van der Waals surface area (Å²) in [6.45, 7) is 4.24. The molecule has 1 aromatic rings. The average molecular weight is 315 g/mol. The Kier molecular flexibility index (Phi) is 6.81. The lowest BCUT2D eigenvalue weighted by molar-refractivity contribution is -0.123. The van der Waals surface area contributed by atoms with E-state index in [0.717, 1.165) is 11.1 Å². The molecule has 116 valence electrons. The number of aryl methyl sites for hydroxylation is 2. The van der Waals surface area contributed by atoms with Crippen molar-refractivity contribution in [3.8, 4) is 5.75 Å². The lowest BCUT2D eigenvalue weighted by atomic mass is 10.1. The Balaban J connectivity index is 2.32. The maximum atomic E-state index is 11.6. The molecule has 0 aromatic heterocycles. The Morgan fingerprint density at radius 3 is 2.29 bits per heavy atom. The van der Waals surface area contributed by atoms with Crippen LogP contribution in [0.5, 0.6) is 5.75 Å². The molecule has 0 spiro atoms. The zero-order valence-electron chi connectivity index (χ0n) is 12.3. The van der Waals surface area contributed by atoms with Gasteiger partial charge in [0.2, 0.25) is 0 Å². The van der Waals surface area contributed by atoms with E-state index in [2.05, 4.69) is 15.4 Å². The second-order valence-corrected chi connectivity index (χ2v) is 4.81. The van der Waals surface area contributed by atoms with E-state index in [1.165, 1.54) is 7.11 Å². The molecule has 0 aliphatic heterocycles. The highest BCUT2D eigenvalue weighted by Crippen LogP contribution is 2.25. The number of hydrogen-bond donors (Lipinski definition) is 2. The van der Waals surface area contributed by atoms with E-state index in [1.54, 1.807) is 12.1 Å². The molecule has 0 fully saturated rings. The summed E-state index contributed by atoms with van der Waals surface area (Å²) in [5.74, 6) is 0.323. The van der Waals surface area contributed by atoms with Gasteiger partial charge in [-0.3, -0.25) is 4.79 Å². The Morgan fingerprint density at radius 2 is 1.71 bits per heavy atom. The zero-order valence-corrected chi connectivity index (χ0v) is 13.0. The molecule has 0 unspecified atom stereocenters. The van der Waals surface area contributed by atoms with Gasteiger partial charge in [0, 0.05) is 18.1 Å². The smallest absolute Gasteiger partial charge is 0.406 e. The van der Waals surface area contributed by atoms with Gasteiger partial charge in [-0.15, -0.1) is 0 Å². The van der Waals surface area contributed by atoms with E-state index < -0.39 is 6.09 Å². The van der Waals surface area contributed by atoms with Crippen molar-refractivity contribution in [1.82, 2.24) is 10.6 Å². The van der Waals surface area contributed by atoms with E-state index >= 15 is 0 Å². The third-order valence-electron chi connectivity index (χ3n) is 2.68. The summed E-state index contributed by atoms with van der Waals surface area (Å²) in [7, 11) is 1.28. The number of benzene rings is 1. The molecule has 0 atom stereocenters. The van der Waals surface area contributed by atoms with Crippen LogP contribution in [0.3, 0.4) is 0 Å². The molecule has 0 aliphatic rings. The summed E-state index contributed by atoms with van der Waals surface area (Å²) in [5.41, 5.74) is 1.80. The normalized spacial score (nSPS) is 9.90. The number of ether oxygens (including phenoxy) is 2. The predicted octanol–water partition coefficient (Wildman–Crippen LogP) is 1.81. The molecule has 0 saturated heterocycles. The third-order valence-corrected chi connectivity index (χ3v) is 3.28. The predicted molar refractivity (Wildman–Crippen MR) is 79.8 cm³/mol. The monoisotopic (exact) mass is 314 g/mol. The lowest BCUT2D eigenvalue weighted by Crippen LogP contribution is -2.36. The molecule has 1 rings (SSSR count). The van der Waals surface area contributed by atoms with Crippen molar-refractivity contribution >= 4 is 23.6 Å². The molecule has 0 aliphatic carbocycles. The maximum Gasteiger partial charge on any atom is 0.406 e. The summed E-state index contributed by atoms with van der Waals surface area (Å²) in [4.78, 5) is 22.3. The van der Waals surface area contributed by atoms with Crippen LogP contribution < -0.4 is 15.4 Å². The van der Waals surface area contributed by atoms with Crippen molar-refractivity contribution in [1.29, 1.82) is 0 Å².